The van der Waals surface area contributed by atoms with E-state index >= 15 is 0 Å². The summed E-state index contributed by atoms with van der Waals surface area (Å²) in [6.07, 6.45) is 1.76. The molecule has 0 aliphatic rings. The average molecular weight is 415 g/mol. The molecule has 0 saturated carbocycles. The number of amides is 1. The fourth-order valence-electron chi connectivity index (χ4n) is 2.46. The van der Waals surface area contributed by atoms with Crippen molar-refractivity contribution < 1.29 is 14.3 Å². The maximum Gasteiger partial charge on any atom is 0.340 e. The van der Waals surface area contributed by atoms with E-state index in [1.807, 2.05) is 34.9 Å². The number of benzene rings is 1. The monoisotopic (exact) mass is 414 g/mol. The number of carbonyl (C=O) groups excluding carboxylic acids is 2. The van der Waals surface area contributed by atoms with Crippen molar-refractivity contribution in [2.24, 2.45) is 0 Å². The van der Waals surface area contributed by atoms with Crippen LogP contribution in [0.15, 0.2) is 59.6 Å². The number of hydrogen-bond donors (Lipinski definition) is 1. The number of nitrogens with zero attached hydrogens (tertiary/aromatic N) is 3. The molecule has 1 amide bonds. The third kappa shape index (κ3) is 4.49. The van der Waals surface area contributed by atoms with Gasteiger partial charge in [-0.1, -0.05) is 48.2 Å². The molecule has 9 heteroatoms. The fraction of sp³-hybridized carbons (Fsp3) is 0.158. The summed E-state index contributed by atoms with van der Waals surface area (Å²) in [5.41, 5.74) is 1.28. The van der Waals surface area contributed by atoms with Crippen LogP contribution in [0.5, 0.6) is 0 Å². The molecular weight excluding hydrogens is 396 g/mol. The van der Waals surface area contributed by atoms with Crippen LogP contribution in [0, 0.1) is 0 Å². The highest BCUT2D eigenvalue weighted by molar-refractivity contribution is 7.99. The second-order valence-corrected chi connectivity index (χ2v) is 7.42. The van der Waals surface area contributed by atoms with Gasteiger partial charge in [-0.3, -0.25) is 9.36 Å². The minimum absolute atomic E-state index is 0.128. The van der Waals surface area contributed by atoms with Gasteiger partial charge in [-0.05, 0) is 11.4 Å². The van der Waals surface area contributed by atoms with Gasteiger partial charge in [0, 0.05) is 12.1 Å². The number of carbonyl (C=O) groups is 2. The van der Waals surface area contributed by atoms with Crippen molar-refractivity contribution >= 4 is 40.0 Å². The van der Waals surface area contributed by atoms with E-state index in [9.17, 15) is 9.59 Å². The molecular formula is C19H18N4O3S2. The number of methoxy groups -OCH3 is 1. The van der Waals surface area contributed by atoms with E-state index in [4.69, 9.17) is 4.74 Å². The lowest BCUT2D eigenvalue weighted by Crippen LogP contribution is -2.16. The first-order valence-corrected chi connectivity index (χ1v) is 10.2. The Hall–Kier alpha value is -2.91. The Bertz CT molecular complexity index is 982. The SMILES string of the molecule is C=CCn1c(SCC(=O)Nc2sccc2C(=O)OC)nnc1-c1ccccc1. The van der Waals surface area contributed by atoms with Crippen molar-refractivity contribution in [3.63, 3.8) is 0 Å². The van der Waals surface area contributed by atoms with Crippen molar-refractivity contribution in [3.8, 4) is 11.4 Å². The maximum absolute atomic E-state index is 12.3. The third-order valence-corrected chi connectivity index (χ3v) is 5.51. The summed E-state index contributed by atoms with van der Waals surface area (Å²) in [5.74, 6) is 0.117. The van der Waals surface area contributed by atoms with E-state index in [-0.39, 0.29) is 11.7 Å². The van der Waals surface area contributed by atoms with Crippen molar-refractivity contribution in [2.45, 2.75) is 11.7 Å². The quantitative estimate of drug-likeness (QED) is 0.344. The molecule has 28 heavy (non-hydrogen) atoms. The highest BCUT2D eigenvalue weighted by Gasteiger charge is 2.17. The molecule has 2 heterocycles. The van der Waals surface area contributed by atoms with Crippen molar-refractivity contribution in [1.82, 2.24) is 14.8 Å². The predicted octanol–water partition coefficient (Wildman–Crippen LogP) is 3.71. The van der Waals surface area contributed by atoms with E-state index in [2.05, 4.69) is 22.1 Å². The van der Waals surface area contributed by atoms with Gasteiger partial charge < -0.3 is 10.1 Å². The van der Waals surface area contributed by atoms with Crippen LogP contribution in [0.3, 0.4) is 0 Å². The lowest BCUT2D eigenvalue weighted by atomic mass is 10.2. The van der Waals surface area contributed by atoms with Gasteiger partial charge in [0.15, 0.2) is 11.0 Å². The number of allylic oxidation sites excluding steroid dienone is 1. The van der Waals surface area contributed by atoms with Gasteiger partial charge in [0.25, 0.3) is 0 Å². The summed E-state index contributed by atoms with van der Waals surface area (Å²) >= 11 is 2.54. The van der Waals surface area contributed by atoms with Gasteiger partial charge in [-0.15, -0.1) is 28.1 Å². The molecule has 0 saturated heterocycles. The third-order valence-electron chi connectivity index (χ3n) is 3.72. The Morgan fingerprint density at radius 1 is 1.29 bits per heavy atom. The summed E-state index contributed by atoms with van der Waals surface area (Å²) in [4.78, 5) is 24.0. The number of thiophene rings is 1. The number of rotatable bonds is 8. The molecule has 0 unspecified atom stereocenters. The van der Waals surface area contributed by atoms with Crippen LogP contribution >= 0.6 is 23.1 Å². The number of thioether (sulfide) groups is 1. The Kier molecular flexibility index (Phi) is 6.62. The molecule has 3 aromatic rings. The minimum atomic E-state index is -0.484. The first-order chi connectivity index (χ1) is 13.6. The molecule has 0 aliphatic heterocycles. The zero-order valence-electron chi connectivity index (χ0n) is 15.1. The number of anilines is 1. The predicted molar refractivity (Wildman–Crippen MR) is 111 cm³/mol. The number of nitrogens with one attached hydrogen (secondary N) is 1. The standard InChI is InChI=1S/C19H18N4O3S2/c1-3-10-23-16(13-7-5-4-6-8-13)21-22-19(23)28-12-15(24)20-17-14(9-11-27-17)18(25)26-2/h3-9,11H,1,10,12H2,2H3,(H,20,24). The molecule has 1 N–H and O–H groups in total. The van der Waals surface area contributed by atoms with Gasteiger partial charge in [0.2, 0.25) is 5.91 Å². The van der Waals surface area contributed by atoms with Crippen LogP contribution in [-0.2, 0) is 16.1 Å². The van der Waals surface area contributed by atoms with Crippen LogP contribution < -0.4 is 5.32 Å². The Morgan fingerprint density at radius 3 is 2.79 bits per heavy atom. The second-order valence-electron chi connectivity index (χ2n) is 5.56. The molecule has 0 radical (unpaired) electrons. The number of esters is 1. The summed E-state index contributed by atoms with van der Waals surface area (Å²) in [6.45, 7) is 4.31. The van der Waals surface area contributed by atoms with Crippen LogP contribution in [0.4, 0.5) is 5.00 Å². The lowest BCUT2D eigenvalue weighted by Gasteiger charge is -2.08. The molecule has 0 atom stereocenters. The van der Waals surface area contributed by atoms with E-state index in [0.717, 1.165) is 11.4 Å². The lowest BCUT2D eigenvalue weighted by molar-refractivity contribution is -0.113. The first kappa shape index (κ1) is 19.8. The molecule has 144 valence electrons. The van der Waals surface area contributed by atoms with Crippen molar-refractivity contribution in [3.05, 3.63) is 60.0 Å². The molecule has 0 aliphatic carbocycles. The largest absolute Gasteiger partial charge is 0.465 e. The van der Waals surface area contributed by atoms with Gasteiger partial charge in [-0.2, -0.15) is 0 Å². The minimum Gasteiger partial charge on any atom is -0.465 e. The van der Waals surface area contributed by atoms with Gasteiger partial charge in [-0.25, -0.2) is 4.79 Å². The molecule has 0 spiro atoms. The van der Waals surface area contributed by atoms with Crippen LogP contribution in [0.1, 0.15) is 10.4 Å². The van der Waals surface area contributed by atoms with Crippen molar-refractivity contribution in [2.75, 3.05) is 18.2 Å². The normalized spacial score (nSPS) is 10.5. The highest BCUT2D eigenvalue weighted by atomic mass is 32.2. The zero-order valence-corrected chi connectivity index (χ0v) is 16.8. The molecule has 7 nitrogen and oxygen atoms in total. The van der Waals surface area contributed by atoms with E-state index in [1.165, 1.54) is 30.2 Å². The molecule has 0 bridgehead atoms. The average Bonchev–Trinajstić information content (AvgIpc) is 3.34. The Morgan fingerprint density at radius 2 is 2.07 bits per heavy atom. The smallest absolute Gasteiger partial charge is 0.340 e. The molecule has 0 fully saturated rings. The van der Waals surface area contributed by atoms with Gasteiger partial charge in [0.05, 0.1) is 18.4 Å². The van der Waals surface area contributed by atoms with Gasteiger partial charge >= 0.3 is 5.97 Å². The van der Waals surface area contributed by atoms with Crippen molar-refractivity contribution in [1.29, 1.82) is 0 Å². The highest BCUT2D eigenvalue weighted by Crippen LogP contribution is 2.26. The van der Waals surface area contributed by atoms with E-state index < -0.39 is 5.97 Å². The van der Waals surface area contributed by atoms with Gasteiger partial charge in [0.1, 0.15) is 5.00 Å². The van der Waals surface area contributed by atoms with Crippen LogP contribution in [-0.4, -0.2) is 39.5 Å². The molecule has 2 aromatic heterocycles. The number of ether oxygens (including phenoxy) is 1. The Labute approximate surface area is 170 Å². The molecule has 1 aromatic carbocycles. The van der Waals surface area contributed by atoms with Crippen LogP contribution in [0.2, 0.25) is 0 Å². The Balaban J connectivity index is 1.70. The topological polar surface area (TPSA) is 86.1 Å². The summed E-state index contributed by atoms with van der Waals surface area (Å²) in [6, 6.07) is 11.3. The molecule has 3 rings (SSSR count). The summed E-state index contributed by atoms with van der Waals surface area (Å²) in [5, 5.41) is 14.0. The second kappa shape index (κ2) is 9.34. The zero-order chi connectivity index (χ0) is 19.9. The fourth-order valence-corrected chi connectivity index (χ4v) is 4.00. The van der Waals surface area contributed by atoms with E-state index in [1.54, 1.807) is 17.5 Å². The maximum atomic E-state index is 12.3. The van der Waals surface area contributed by atoms with Crippen LogP contribution in [0.25, 0.3) is 11.4 Å². The van der Waals surface area contributed by atoms with E-state index in [0.29, 0.717) is 22.3 Å². The number of hydrogen-bond acceptors (Lipinski definition) is 7. The first-order valence-electron chi connectivity index (χ1n) is 8.32. The number of aromatic nitrogens is 3. The summed E-state index contributed by atoms with van der Waals surface area (Å²) < 4.78 is 6.62. The summed E-state index contributed by atoms with van der Waals surface area (Å²) in [7, 11) is 1.30.